The van der Waals surface area contributed by atoms with Gasteiger partial charge in [-0.05, 0) is 40.5 Å². The van der Waals surface area contributed by atoms with E-state index in [0.717, 1.165) is 4.47 Å². The first kappa shape index (κ1) is 13.0. The molecule has 0 amide bonds. The van der Waals surface area contributed by atoms with Crippen LogP contribution in [0.3, 0.4) is 0 Å². The SMILES string of the molecule is CC(c1ccc(N(C)C)cc1)n1ncc(Br)c1N. The van der Waals surface area contributed by atoms with Crippen LogP contribution in [0.2, 0.25) is 0 Å². The van der Waals surface area contributed by atoms with E-state index in [0.29, 0.717) is 5.82 Å². The Kier molecular flexibility index (Phi) is 3.61. The van der Waals surface area contributed by atoms with Crippen LogP contribution in [0.4, 0.5) is 11.5 Å². The molecule has 18 heavy (non-hydrogen) atoms. The van der Waals surface area contributed by atoms with Crippen molar-refractivity contribution >= 4 is 27.4 Å². The molecule has 0 spiro atoms. The van der Waals surface area contributed by atoms with Crippen LogP contribution in [-0.4, -0.2) is 23.9 Å². The van der Waals surface area contributed by atoms with E-state index in [4.69, 9.17) is 5.73 Å². The summed E-state index contributed by atoms with van der Waals surface area (Å²) in [7, 11) is 4.06. The zero-order valence-corrected chi connectivity index (χ0v) is 12.3. The standard InChI is InChI=1S/C13H17BrN4/c1-9(18-13(15)12(14)8-16-18)10-4-6-11(7-5-10)17(2)3/h4-9H,15H2,1-3H3. The van der Waals surface area contributed by atoms with Crippen LogP contribution in [0.25, 0.3) is 0 Å². The molecular formula is C13H17BrN4. The smallest absolute Gasteiger partial charge is 0.136 e. The Morgan fingerprint density at radius 2 is 1.89 bits per heavy atom. The molecule has 0 aliphatic rings. The molecule has 1 aromatic carbocycles. The maximum Gasteiger partial charge on any atom is 0.136 e. The minimum absolute atomic E-state index is 0.118. The lowest BCUT2D eigenvalue weighted by Crippen LogP contribution is -2.12. The maximum absolute atomic E-state index is 5.96. The number of rotatable bonds is 3. The third-order valence-corrected chi connectivity index (χ3v) is 3.66. The Balaban J connectivity index is 2.29. The average molecular weight is 309 g/mol. The van der Waals surface area contributed by atoms with Gasteiger partial charge in [0.25, 0.3) is 0 Å². The van der Waals surface area contributed by atoms with Crippen molar-refractivity contribution in [1.82, 2.24) is 9.78 Å². The second-order valence-electron chi connectivity index (χ2n) is 4.48. The van der Waals surface area contributed by atoms with E-state index in [2.05, 4.69) is 57.1 Å². The number of nitrogens with two attached hydrogens (primary N) is 1. The molecule has 96 valence electrons. The molecule has 2 aromatic rings. The number of nitrogen functional groups attached to an aromatic ring is 1. The van der Waals surface area contributed by atoms with Gasteiger partial charge < -0.3 is 10.6 Å². The first-order valence-electron chi connectivity index (χ1n) is 5.76. The Hall–Kier alpha value is -1.49. The highest BCUT2D eigenvalue weighted by Gasteiger charge is 2.13. The Morgan fingerprint density at radius 3 is 2.33 bits per heavy atom. The summed E-state index contributed by atoms with van der Waals surface area (Å²) in [6.45, 7) is 2.08. The molecule has 1 unspecified atom stereocenters. The van der Waals surface area contributed by atoms with Gasteiger partial charge in [0.2, 0.25) is 0 Å². The molecule has 1 aromatic heterocycles. The molecule has 0 aliphatic carbocycles. The highest BCUT2D eigenvalue weighted by molar-refractivity contribution is 9.10. The molecule has 1 heterocycles. The summed E-state index contributed by atoms with van der Waals surface area (Å²) in [5.74, 6) is 0.652. The summed E-state index contributed by atoms with van der Waals surface area (Å²) in [4.78, 5) is 2.08. The van der Waals surface area contributed by atoms with Crippen molar-refractivity contribution in [2.45, 2.75) is 13.0 Å². The first-order chi connectivity index (χ1) is 8.50. The van der Waals surface area contributed by atoms with Crippen LogP contribution in [0, 0.1) is 0 Å². The number of hydrogen-bond donors (Lipinski definition) is 1. The van der Waals surface area contributed by atoms with Crippen molar-refractivity contribution in [1.29, 1.82) is 0 Å². The van der Waals surface area contributed by atoms with Gasteiger partial charge in [-0.3, -0.25) is 0 Å². The normalized spacial score (nSPS) is 12.4. The van der Waals surface area contributed by atoms with Gasteiger partial charge >= 0.3 is 0 Å². The molecule has 0 saturated carbocycles. The Morgan fingerprint density at radius 1 is 1.28 bits per heavy atom. The Bertz CT molecular complexity index is 530. The highest BCUT2D eigenvalue weighted by atomic mass is 79.9. The molecule has 0 fully saturated rings. The molecule has 2 rings (SSSR count). The van der Waals surface area contributed by atoms with Crippen LogP contribution in [-0.2, 0) is 0 Å². The van der Waals surface area contributed by atoms with Crippen LogP contribution in [0.5, 0.6) is 0 Å². The molecule has 0 radical (unpaired) electrons. The largest absolute Gasteiger partial charge is 0.383 e. The minimum atomic E-state index is 0.118. The van der Waals surface area contributed by atoms with Crippen LogP contribution in [0.1, 0.15) is 18.5 Å². The number of halogens is 1. The lowest BCUT2D eigenvalue weighted by atomic mass is 10.1. The summed E-state index contributed by atoms with van der Waals surface area (Å²) in [6.07, 6.45) is 1.72. The van der Waals surface area contributed by atoms with Crippen molar-refractivity contribution in [3.63, 3.8) is 0 Å². The van der Waals surface area contributed by atoms with Gasteiger partial charge in [0.05, 0.1) is 16.7 Å². The van der Waals surface area contributed by atoms with Crippen molar-refractivity contribution in [2.24, 2.45) is 0 Å². The average Bonchev–Trinajstić information content (AvgIpc) is 2.69. The third kappa shape index (κ3) is 2.36. The monoisotopic (exact) mass is 308 g/mol. The molecule has 0 saturated heterocycles. The van der Waals surface area contributed by atoms with Gasteiger partial charge in [0.1, 0.15) is 5.82 Å². The zero-order valence-electron chi connectivity index (χ0n) is 10.8. The van der Waals surface area contributed by atoms with Gasteiger partial charge in [-0.25, -0.2) is 4.68 Å². The summed E-state index contributed by atoms with van der Waals surface area (Å²) in [5, 5.41) is 4.28. The third-order valence-electron chi connectivity index (χ3n) is 3.05. The van der Waals surface area contributed by atoms with E-state index in [1.54, 1.807) is 6.20 Å². The Labute approximate surface area is 116 Å². The summed E-state index contributed by atoms with van der Waals surface area (Å²) < 4.78 is 2.65. The molecule has 0 bridgehead atoms. The summed E-state index contributed by atoms with van der Waals surface area (Å²) >= 11 is 3.37. The fourth-order valence-corrected chi connectivity index (χ4v) is 2.12. The van der Waals surface area contributed by atoms with Crippen molar-refractivity contribution < 1.29 is 0 Å². The number of anilines is 2. The van der Waals surface area contributed by atoms with E-state index in [-0.39, 0.29) is 6.04 Å². The van der Waals surface area contributed by atoms with Gasteiger partial charge in [0, 0.05) is 19.8 Å². The lowest BCUT2D eigenvalue weighted by Gasteiger charge is -2.17. The number of benzene rings is 1. The van der Waals surface area contributed by atoms with Crippen LogP contribution < -0.4 is 10.6 Å². The fourth-order valence-electron chi connectivity index (χ4n) is 1.85. The van der Waals surface area contributed by atoms with E-state index < -0.39 is 0 Å². The lowest BCUT2D eigenvalue weighted by molar-refractivity contribution is 0.573. The molecule has 4 nitrogen and oxygen atoms in total. The van der Waals surface area contributed by atoms with Crippen molar-refractivity contribution in [3.05, 3.63) is 40.5 Å². The fraction of sp³-hybridized carbons (Fsp3) is 0.308. The maximum atomic E-state index is 5.96. The first-order valence-corrected chi connectivity index (χ1v) is 6.55. The second-order valence-corrected chi connectivity index (χ2v) is 5.34. The quantitative estimate of drug-likeness (QED) is 0.948. The highest BCUT2D eigenvalue weighted by Crippen LogP contribution is 2.26. The molecule has 0 aliphatic heterocycles. The van der Waals surface area contributed by atoms with E-state index in [1.165, 1.54) is 11.3 Å². The molecule has 2 N–H and O–H groups in total. The van der Waals surface area contributed by atoms with Crippen LogP contribution >= 0.6 is 15.9 Å². The van der Waals surface area contributed by atoms with Gasteiger partial charge in [-0.15, -0.1) is 0 Å². The van der Waals surface area contributed by atoms with Crippen molar-refractivity contribution in [3.8, 4) is 0 Å². The minimum Gasteiger partial charge on any atom is -0.383 e. The van der Waals surface area contributed by atoms with E-state index >= 15 is 0 Å². The van der Waals surface area contributed by atoms with E-state index in [9.17, 15) is 0 Å². The van der Waals surface area contributed by atoms with Crippen molar-refractivity contribution in [2.75, 3.05) is 24.7 Å². The molecule has 5 heteroatoms. The second kappa shape index (κ2) is 5.02. The van der Waals surface area contributed by atoms with Gasteiger partial charge in [0.15, 0.2) is 0 Å². The number of hydrogen-bond acceptors (Lipinski definition) is 3. The number of nitrogens with zero attached hydrogens (tertiary/aromatic N) is 3. The molecular weight excluding hydrogens is 292 g/mol. The summed E-state index contributed by atoms with van der Waals surface area (Å²) in [6, 6.07) is 8.53. The van der Waals surface area contributed by atoms with Crippen LogP contribution in [0.15, 0.2) is 34.9 Å². The zero-order chi connectivity index (χ0) is 13.3. The van der Waals surface area contributed by atoms with E-state index in [1.807, 2.05) is 18.8 Å². The van der Waals surface area contributed by atoms with Gasteiger partial charge in [-0.2, -0.15) is 5.10 Å². The predicted octanol–water partition coefficient (Wildman–Crippen LogP) is 2.90. The molecule has 1 atom stereocenters. The number of aromatic nitrogens is 2. The summed E-state index contributed by atoms with van der Waals surface area (Å²) in [5.41, 5.74) is 8.33. The van der Waals surface area contributed by atoms with Gasteiger partial charge in [-0.1, -0.05) is 12.1 Å². The topological polar surface area (TPSA) is 47.1 Å². The predicted molar refractivity (Wildman–Crippen MR) is 78.9 cm³/mol.